The largest absolute Gasteiger partial charge is 0.405 e. The van der Waals surface area contributed by atoms with Crippen molar-refractivity contribution < 1.29 is 0 Å². The molecule has 1 heterocycles. The summed E-state index contributed by atoms with van der Waals surface area (Å²) in [6.45, 7) is 0. The maximum absolute atomic E-state index is 5.30. The van der Waals surface area contributed by atoms with Crippen LogP contribution in [-0.4, -0.2) is 4.98 Å². The van der Waals surface area contributed by atoms with E-state index in [9.17, 15) is 0 Å². The highest BCUT2D eigenvalue weighted by Gasteiger charge is 1.92. The van der Waals surface area contributed by atoms with Gasteiger partial charge in [0.05, 0.1) is 5.52 Å². The Morgan fingerprint density at radius 2 is 2.08 bits per heavy atom. The number of aromatic nitrogens is 1. The molecule has 0 bridgehead atoms. The second kappa shape index (κ2) is 3.27. The number of pyridine rings is 1. The first-order valence-electron chi connectivity index (χ1n) is 4.13. The molecule has 1 aromatic carbocycles. The van der Waals surface area contributed by atoms with Crippen molar-refractivity contribution in [3.05, 3.63) is 48.3 Å². The average molecular weight is 170 g/mol. The van der Waals surface area contributed by atoms with Gasteiger partial charge in [-0.1, -0.05) is 18.2 Å². The molecule has 0 fully saturated rings. The number of fused-ring (bicyclic) bond motifs is 1. The molecule has 0 aliphatic carbocycles. The molecule has 0 amide bonds. The van der Waals surface area contributed by atoms with E-state index in [0.29, 0.717) is 0 Å². The van der Waals surface area contributed by atoms with Crippen LogP contribution in [0.1, 0.15) is 5.56 Å². The number of hydrogen-bond donors (Lipinski definition) is 1. The van der Waals surface area contributed by atoms with Crippen molar-refractivity contribution in [3.8, 4) is 0 Å². The van der Waals surface area contributed by atoms with Gasteiger partial charge in [0.25, 0.3) is 0 Å². The average Bonchev–Trinajstić information content (AvgIpc) is 2.18. The van der Waals surface area contributed by atoms with E-state index in [0.717, 1.165) is 16.5 Å². The van der Waals surface area contributed by atoms with Crippen LogP contribution in [0, 0.1) is 0 Å². The lowest BCUT2D eigenvalue weighted by atomic mass is 10.1. The number of para-hydroxylation sites is 1. The van der Waals surface area contributed by atoms with Gasteiger partial charge in [-0.05, 0) is 30.0 Å². The fraction of sp³-hybridized carbons (Fsp3) is 0. The van der Waals surface area contributed by atoms with Gasteiger partial charge in [-0.3, -0.25) is 4.98 Å². The highest BCUT2D eigenvalue weighted by molar-refractivity contribution is 5.80. The lowest BCUT2D eigenvalue weighted by Gasteiger charge is -1.97. The van der Waals surface area contributed by atoms with E-state index in [1.807, 2.05) is 36.5 Å². The normalized spacial score (nSPS) is 11.1. The second-order valence-electron chi connectivity index (χ2n) is 2.82. The number of benzene rings is 1. The summed E-state index contributed by atoms with van der Waals surface area (Å²) in [4.78, 5) is 4.29. The number of nitrogens with zero attached hydrogens (tertiary/aromatic N) is 1. The molecule has 2 nitrogen and oxygen atoms in total. The number of hydrogen-bond acceptors (Lipinski definition) is 2. The van der Waals surface area contributed by atoms with Crippen LogP contribution in [0.2, 0.25) is 0 Å². The van der Waals surface area contributed by atoms with Crippen LogP contribution in [0.3, 0.4) is 0 Å². The topological polar surface area (TPSA) is 38.9 Å². The quantitative estimate of drug-likeness (QED) is 0.712. The molecule has 2 aromatic rings. The predicted molar refractivity (Wildman–Crippen MR) is 55.0 cm³/mol. The van der Waals surface area contributed by atoms with Crippen LogP contribution in [0.4, 0.5) is 0 Å². The number of nitrogens with two attached hydrogens (primary N) is 1. The molecular weight excluding hydrogens is 160 g/mol. The summed E-state index contributed by atoms with van der Waals surface area (Å²) < 4.78 is 0. The first kappa shape index (κ1) is 7.80. The lowest BCUT2D eigenvalue weighted by Crippen LogP contribution is -1.82. The van der Waals surface area contributed by atoms with Crippen LogP contribution in [0.5, 0.6) is 0 Å². The predicted octanol–water partition coefficient (Wildman–Crippen LogP) is 2.16. The fourth-order valence-electron chi connectivity index (χ4n) is 1.29. The second-order valence-corrected chi connectivity index (χ2v) is 2.82. The van der Waals surface area contributed by atoms with Gasteiger partial charge in [-0.25, -0.2) is 0 Å². The van der Waals surface area contributed by atoms with Crippen molar-refractivity contribution in [2.45, 2.75) is 0 Å². The summed E-state index contributed by atoms with van der Waals surface area (Å²) in [7, 11) is 0. The molecule has 0 aliphatic heterocycles. The van der Waals surface area contributed by atoms with E-state index >= 15 is 0 Å². The summed E-state index contributed by atoms with van der Waals surface area (Å²) in [5.74, 6) is 0. The van der Waals surface area contributed by atoms with Gasteiger partial charge >= 0.3 is 0 Å². The molecule has 64 valence electrons. The fourth-order valence-corrected chi connectivity index (χ4v) is 1.29. The van der Waals surface area contributed by atoms with Crippen LogP contribution in [0.25, 0.3) is 17.0 Å². The minimum Gasteiger partial charge on any atom is -0.405 e. The van der Waals surface area contributed by atoms with Gasteiger partial charge in [-0.2, -0.15) is 0 Å². The smallest absolute Gasteiger partial charge is 0.0702 e. The van der Waals surface area contributed by atoms with E-state index in [1.165, 1.54) is 6.20 Å². The van der Waals surface area contributed by atoms with Crippen molar-refractivity contribution in [2.24, 2.45) is 5.73 Å². The van der Waals surface area contributed by atoms with Crippen molar-refractivity contribution in [2.75, 3.05) is 0 Å². The molecule has 2 N–H and O–H groups in total. The molecule has 13 heavy (non-hydrogen) atoms. The summed E-state index contributed by atoms with van der Waals surface area (Å²) in [6, 6.07) is 10.1. The van der Waals surface area contributed by atoms with Crippen LogP contribution in [0.15, 0.2) is 42.7 Å². The Morgan fingerprint density at radius 1 is 1.23 bits per heavy atom. The first-order chi connectivity index (χ1) is 6.40. The minimum atomic E-state index is 1.01. The Bertz CT molecular complexity index is 447. The zero-order valence-corrected chi connectivity index (χ0v) is 7.14. The zero-order valence-electron chi connectivity index (χ0n) is 7.14. The zero-order chi connectivity index (χ0) is 9.10. The Hall–Kier alpha value is -1.83. The molecule has 1 aromatic heterocycles. The third kappa shape index (κ3) is 1.51. The van der Waals surface area contributed by atoms with E-state index in [-0.39, 0.29) is 0 Å². The molecule has 2 heteroatoms. The van der Waals surface area contributed by atoms with E-state index in [1.54, 1.807) is 0 Å². The van der Waals surface area contributed by atoms with Crippen molar-refractivity contribution in [1.82, 2.24) is 4.98 Å². The van der Waals surface area contributed by atoms with Crippen molar-refractivity contribution >= 4 is 17.0 Å². The molecular formula is C11H10N2. The molecule has 2 rings (SSSR count). The summed E-state index contributed by atoms with van der Waals surface area (Å²) >= 11 is 0. The Labute approximate surface area is 76.7 Å². The van der Waals surface area contributed by atoms with Gasteiger partial charge in [0.2, 0.25) is 0 Å². The standard InChI is InChI=1S/C11H10N2/c12-6-5-9-7-10-3-1-2-4-11(10)13-8-9/h1-8H,12H2. The molecule has 0 unspecified atom stereocenters. The Morgan fingerprint density at radius 3 is 2.92 bits per heavy atom. The minimum absolute atomic E-state index is 1.01. The van der Waals surface area contributed by atoms with Gasteiger partial charge in [0.15, 0.2) is 0 Å². The van der Waals surface area contributed by atoms with Crippen molar-refractivity contribution in [3.63, 3.8) is 0 Å². The molecule has 0 atom stereocenters. The molecule has 0 aliphatic rings. The van der Waals surface area contributed by atoms with Crippen LogP contribution < -0.4 is 5.73 Å². The van der Waals surface area contributed by atoms with Gasteiger partial charge < -0.3 is 5.73 Å². The van der Waals surface area contributed by atoms with Gasteiger partial charge in [-0.15, -0.1) is 0 Å². The van der Waals surface area contributed by atoms with Crippen LogP contribution in [-0.2, 0) is 0 Å². The Kier molecular flexibility index (Phi) is 1.96. The summed E-state index contributed by atoms with van der Waals surface area (Å²) in [6.07, 6.45) is 5.16. The monoisotopic (exact) mass is 170 g/mol. The SMILES string of the molecule is NC=Cc1cnc2ccccc2c1. The van der Waals surface area contributed by atoms with Gasteiger partial charge in [0, 0.05) is 11.6 Å². The molecule has 0 saturated heterocycles. The maximum Gasteiger partial charge on any atom is 0.0702 e. The third-order valence-electron chi connectivity index (χ3n) is 1.90. The lowest BCUT2D eigenvalue weighted by molar-refractivity contribution is 1.39. The van der Waals surface area contributed by atoms with Crippen molar-refractivity contribution in [1.29, 1.82) is 0 Å². The first-order valence-corrected chi connectivity index (χ1v) is 4.13. The highest BCUT2D eigenvalue weighted by atomic mass is 14.6. The molecule has 0 spiro atoms. The van der Waals surface area contributed by atoms with Crippen LogP contribution >= 0.6 is 0 Å². The summed E-state index contributed by atoms with van der Waals surface area (Å²) in [5, 5.41) is 1.14. The third-order valence-corrected chi connectivity index (χ3v) is 1.90. The summed E-state index contributed by atoms with van der Waals surface area (Å²) in [5.41, 5.74) is 7.34. The maximum atomic E-state index is 5.30. The number of rotatable bonds is 1. The van der Waals surface area contributed by atoms with E-state index < -0.39 is 0 Å². The molecule has 0 radical (unpaired) electrons. The molecule has 0 saturated carbocycles. The highest BCUT2D eigenvalue weighted by Crippen LogP contribution is 2.12. The van der Waals surface area contributed by atoms with Gasteiger partial charge in [0.1, 0.15) is 0 Å². The Balaban J connectivity index is 2.62. The van der Waals surface area contributed by atoms with E-state index in [4.69, 9.17) is 5.73 Å². The van der Waals surface area contributed by atoms with E-state index in [2.05, 4.69) is 11.1 Å².